The zero-order chi connectivity index (χ0) is 11.8. The van der Waals surface area contributed by atoms with Crippen LogP contribution in [0.25, 0.3) is 0 Å². The van der Waals surface area contributed by atoms with Crippen molar-refractivity contribution in [1.29, 1.82) is 0 Å². The van der Waals surface area contributed by atoms with Crippen molar-refractivity contribution in [2.45, 2.75) is 38.5 Å². The molecule has 0 heterocycles. The quantitative estimate of drug-likeness (QED) is 0.741. The lowest BCUT2D eigenvalue weighted by Crippen LogP contribution is -2.06. The summed E-state index contributed by atoms with van der Waals surface area (Å²) in [5.41, 5.74) is 14.1. The van der Waals surface area contributed by atoms with Gasteiger partial charge in [0.15, 0.2) is 0 Å². The molecule has 1 atom stereocenters. The van der Waals surface area contributed by atoms with Gasteiger partial charge in [0.1, 0.15) is 0 Å². The highest BCUT2D eigenvalue weighted by Gasteiger charge is 2.09. The molecule has 2 heteroatoms. The maximum atomic E-state index is 5.57. The average molecular weight is 220 g/mol. The Morgan fingerprint density at radius 2 is 1.75 bits per heavy atom. The van der Waals surface area contributed by atoms with Crippen LogP contribution >= 0.6 is 0 Å². The van der Waals surface area contributed by atoms with Crippen molar-refractivity contribution in [2.24, 2.45) is 11.5 Å². The largest absolute Gasteiger partial charge is 0.330 e. The van der Waals surface area contributed by atoms with E-state index in [-0.39, 0.29) is 0 Å². The van der Waals surface area contributed by atoms with Crippen molar-refractivity contribution in [1.82, 2.24) is 0 Å². The van der Waals surface area contributed by atoms with Crippen LogP contribution in [0, 0.1) is 0 Å². The molecule has 0 aromatic heterocycles. The van der Waals surface area contributed by atoms with E-state index in [1.807, 2.05) is 0 Å². The smallest absolute Gasteiger partial charge is 0.00741 e. The number of benzene rings is 1. The standard InChI is InChI=1S/C14H24N2/c1-12(6-4-10-15)14-9-3-2-7-13(14)8-5-11-16/h2-3,7,9,12H,4-6,8,10-11,15-16H2,1H3. The van der Waals surface area contributed by atoms with Crippen LogP contribution in [-0.2, 0) is 6.42 Å². The van der Waals surface area contributed by atoms with Crippen molar-refractivity contribution >= 4 is 0 Å². The molecule has 0 fully saturated rings. The third-order valence-corrected chi connectivity index (χ3v) is 3.08. The molecule has 2 nitrogen and oxygen atoms in total. The highest BCUT2D eigenvalue weighted by Crippen LogP contribution is 2.24. The lowest BCUT2D eigenvalue weighted by molar-refractivity contribution is 0.633. The van der Waals surface area contributed by atoms with Gasteiger partial charge in [0.05, 0.1) is 0 Å². The molecule has 4 N–H and O–H groups in total. The molecule has 1 unspecified atom stereocenters. The minimum atomic E-state index is 0.609. The van der Waals surface area contributed by atoms with Gasteiger partial charge >= 0.3 is 0 Å². The monoisotopic (exact) mass is 220 g/mol. The third kappa shape index (κ3) is 3.95. The molecule has 1 rings (SSSR count). The first-order valence-corrected chi connectivity index (χ1v) is 6.27. The number of rotatable bonds is 7. The Hall–Kier alpha value is -0.860. The first-order chi connectivity index (χ1) is 7.79. The van der Waals surface area contributed by atoms with Gasteiger partial charge in [0, 0.05) is 0 Å². The van der Waals surface area contributed by atoms with Crippen LogP contribution in [0.5, 0.6) is 0 Å². The van der Waals surface area contributed by atoms with E-state index in [0.717, 1.165) is 32.4 Å². The average Bonchev–Trinajstić information content (AvgIpc) is 2.33. The van der Waals surface area contributed by atoms with Crippen LogP contribution in [0.3, 0.4) is 0 Å². The summed E-state index contributed by atoms with van der Waals surface area (Å²) in [5.74, 6) is 0.609. The summed E-state index contributed by atoms with van der Waals surface area (Å²) < 4.78 is 0. The molecule has 0 spiro atoms. The second-order valence-electron chi connectivity index (χ2n) is 4.42. The van der Waals surface area contributed by atoms with E-state index in [2.05, 4.69) is 31.2 Å². The molecule has 0 bridgehead atoms. The molecule has 0 aliphatic heterocycles. The Morgan fingerprint density at radius 1 is 1.06 bits per heavy atom. The molecule has 16 heavy (non-hydrogen) atoms. The van der Waals surface area contributed by atoms with Crippen LogP contribution in [0.2, 0.25) is 0 Å². The van der Waals surface area contributed by atoms with Crippen LogP contribution in [0.4, 0.5) is 0 Å². The predicted molar refractivity (Wildman–Crippen MR) is 70.5 cm³/mol. The van der Waals surface area contributed by atoms with Crippen LogP contribution in [0.1, 0.15) is 43.2 Å². The van der Waals surface area contributed by atoms with Gasteiger partial charge in [-0.15, -0.1) is 0 Å². The summed E-state index contributed by atoms with van der Waals surface area (Å²) >= 11 is 0. The van der Waals surface area contributed by atoms with E-state index in [4.69, 9.17) is 11.5 Å². The molecule has 0 radical (unpaired) electrons. The van der Waals surface area contributed by atoms with Gasteiger partial charge < -0.3 is 11.5 Å². The fourth-order valence-electron chi connectivity index (χ4n) is 2.11. The minimum Gasteiger partial charge on any atom is -0.330 e. The summed E-state index contributed by atoms with van der Waals surface area (Å²) in [6.07, 6.45) is 4.45. The van der Waals surface area contributed by atoms with E-state index >= 15 is 0 Å². The first kappa shape index (κ1) is 13.2. The summed E-state index contributed by atoms with van der Waals surface area (Å²) in [6, 6.07) is 8.71. The topological polar surface area (TPSA) is 52.0 Å². The van der Waals surface area contributed by atoms with Crippen molar-refractivity contribution < 1.29 is 0 Å². The zero-order valence-corrected chi connectivity index (χ0v) is 10.3. The van der Waals surface area contributed by atoms with Crippen molar-refractivity contribution in [2.75, 3.05) is 13.1 Å². The van der Waals surface area contributed by atoms with Crippen molar-refractivity contribution in [3.8, 4) is 0 Å². The predicted octanol–water partition coefficient (Wildman–Crippen LogP) is 2.42. The van der Waals surface area contributed by atoms with Crippen molar-refractivity contribution in [3.05, 3.63) is 35.4 Å². The minimum absolute atomic E-state index is 0.609. The molecule has 90 valence electrons. The first-order valence-electron chi connectivity index (χ1n) is 6.27. The van der Waals surface area contributed by atoms with E-state index in [1.54, 1.807) is 0 Å². The van der Waals surface area contributed by atoms with Gasteiger partial charge in [0.25, 0.3) is 0 Å². The maximum absolute atomic E-state index is 5.57. The highest BCUT2D eigenvalue weighted by molar-refractivity contribution is 5.30. The molecule has 0 saturated carbocycles. The van der Waals surface area contributed by atoms with E-state index < -0.39 is 0 Å². The lowest BCUT2D eigenvalue weighted by atomic mass is 9.90. The van der Waals surface area contributed by atoms with Crippen LogP contribution in [-0.4, -0.2) is 13.1 Å². The Morgan fingerprint density at radius 3 is 2.44 bits per heavy atom. The Kier molecular flexibility index (Phi) is 6.12. The molecule has 0 aliphatic rings. The maximum Gasteiger partial charge on any atom is -0.00741 e. The van der Waals surface area contributed by atoms with Gasteiger partial charge in [-0.1, -0.05) is 31.2 Å². The molecule has 1 aromatic rings. The summed E-state index contributed by atoms with van der Waals surface area (Å²) in [4.78, 5) is 0. The second kappa shape index (κ2) is 7.42. The third-order valence-electron chi connectivity index (χ3n) is 3.08. The molecule has 0 amide bonds. The van der Waals surface area contributed by atoms with Gasteiger partial charge in [-0.3, -0.25) is 0 Å². The number of hydrogen-bond acceptors (Lipinski definition) is 2. The molecular formula is C14H24N2. The molecular weight excluding hydrogens is 196 g/mol. The Balaban J connectivity index is 2.68. The zero-order valence-electron chi connectivity index (χ0n) is 10.3. The van der Waals surface area contributed by atoms with E-state index in [0.29, 0.717) is 5.92 Å². The summed E-state index contributed by atoms with van der Waals surface area (Å²) in [5, 5.41) is 0. The van der Waals surface area contributed by atoms with Crippen LogP contribution in [0.15, 0.2) is 24.3 Å². The van der Waals surface area contributed by atoms with Gasteiger partial charge in [-0.25, -0.2) is 0 Å². The summed E-state index contributed by atoms with van der Waals surface area (Å²) in [7, 11) is 0. The number of aryl methyl sites for hydroxylation is 1. The molecule has 0 aliphatic carbocycles. The van der Waals surface area contributed by atoms with Crippen molar-refractivity contribution in [3.63, 3.8) is 0 Å². The molecule has 0 saturated heterocycles. The number of hydrogen-bond donors (Lipinski definition) is 2. The van der Waals surface area contributed by atoms with Gasteiger partial charge in [-0.05, 0) is 55.8 Å². The number of nitrogens with two attached hydrogens (primary N) is 2. The highest BCUT2D eigenvalue weighted by atomic mass is 14.5. The van der Waals surface area contributed by atoms with Crippen LogP contribution < -0.4 is 11.5 Å². The fourth-order valence-corrected chi connectivity index (χ4v) is 2.11. The lowest BCUT2D eigenvalue weighted by Gasteiger charge is -2.16. The molecule has 1 aromatic carbocycles. The normalized spacial score (nSPS) is 12.7. The van der Waals surface area contributed by atoms with Gasteiger partial charge in [0.2, 0.25) is 0 Å². The summed E-state index contributed by atoms with van der Waals surface area (Å²) in [6.45, 7) is 3.85. The van der Waals surface area contributed by atoms with E-state index in [9.17, 15) is 0 Å². The Labute approximate surface area is 99.0 Å². The fraction of sp³-hybridized carbons (Fsp3) is 0.571. The Bertz CT molecular complexity index is 297. The van der Waals surface area contributed by atoms with Gasteiger partial charge in [-0.2, -0.15) is 0 Å². The SMILES string of the molecule is CC(CCCN)c1ccccc1CCCN. The van der Waals surface area contributed by atoms with E-state index in [1.165, 1.54) is 17.5 Å². The second-order valence-corrected chi connectivity index (χ2v) is 4.42.